The molecule has 1 saturated carbocycles. The van der Waals surface area contributed by atoms with E-state index >= 15 is 0 Å². The molecule has 3 atom stereocenters. The number of aromatic nitrogens is 2. The van der Waals surface area contributed by atoms with Crippen molar-refractivity contribution >= 4 is 34.8 Å². The lowest BCUT2D eigenvalue weighted by Crippen LogP contribution is -2.52. The Bertz CT molecular complexity index is 518. The molecule has 0 radical (unpaired) electrons. The average molecular weight is 327 g/mol. The van der Waals surface area contributed by atoms with E-state index in [1.54, 1.807) is 6.92 Å². The predicted molar refractivity (Wildman–Crippen MR) is 86.9 cm³/mol. The Hall–Kier alpha value is -1.28. The van der Waals surface area contributed by atoms with E-state index < -0.39 is 0 Å². The minimum Gasteiger partial charge on any atom is -0.358 e. The largest absolute Gasteiger partial charge is 0.358 e. The first kappa shape index (κ1) is 16.1. The number of nitrogens with one attached hydrogen (secondary N) is 3. The van der Waals surface area contributed by atoms with E-state index in [0.29, 0.717) is 33.6 Å². The van der Waals surface area contributed by atoms with Crippen molar-refractivity contribution < 1.29 is 4.79 Å². The molecule has 0 aliphatic heterocycles. The van der Waals surface area contributed by atoms with Crippen LogP contribution < -0.4 is 16.2 Å². The summed E-state index contributed by atoms with van der Waals surface area (Å²) >= 11 is 6.31. The van der Waals surface area contributed by atoms with Crippen LogP contribution in [0.15, 0.2) is 0 Å². The van der Waals surface area contributed by atoms with Crippen molar-refractivity contribution in [2.75, 3.05) is 0 Å². The third kappa shape index (κ3) is 4.10. The number of carbonyl (C=O) groups excluding carboxylic acids is 1. The van der Waals surface area contributed by atoms with Gasteiger partial charge < -0.3 is 5.32 Å². The van der Waals surface area contributed by atoms with Crippen molar-refractivity contribution in [3.8, 4) is 0 Å². The third-order valence-electron chi connectivity index (χ3n) is 4.17. The third-order valence-corrected chi connectivity index (χ3v) is 5.22. The number of hydrogen-bond acceptors (Lipinski definition) is 5. The highest BCUT2D eigenvalue weighted by atomic mass is 32.1. The summed E-state index contributed by atoms with van der Waals surface area (Å²) in [4.78, 5) is 12.4. The number of aryl methyl sites for hydroxylation is 1. The van der Waals surface area contributed by atoms with E-state index in [9.17, 15) is 4.79 Å². The fourth-order valence-corrected chi connectivity index (χ4v) is 3.35. The van der Waals surface area contributed by atoms with Gasteiger partial charge in [-0.3, -0.25) is 15.6 Å². The Morgan fingerprint density at radius 1 is 1.33 bits per heavy atom. The van der Waals surface area contributed by atoms with Crippen LogP contribution in [0.3, 0.4) is 0 Å². The summed E-state index contributed by atoms with van der Waals surface area (Å²) in [5, 5.41) is 7.55. The number of hydrazine groups is 1. The van der Waals surface area contributed by atoms with E-state index in [1.807, 2.05) is 0 Å². The normalized spacial score (nSPS) is 25.2. The first-order chi connectivity index (χ1) is 9.99. The van der Waals surface area contributed by atoms with Crippen molar-refractivity contribution in [2.45, 2.75) is 46.1 Å². The summed E-state index contributed by atoms with van der Waals surface area (Å²) in [6, 6.07) is 0.359. The number of thiocarbonyl (C=S) groups is 1. The van der Waals surface area contributed by atoms with Crippen LogP contribution in [0.5, 0.6) is 0 Å². The summed E-state index contributed by atoms with van der Waals surface area (Å²) in [6.07, 6.45) is 3.59. The number of rotatable bonds is 2. The molecule has 1 heterocycles. The van der Waals surface area contributed by atoms with Gasteiger partial charge in [0.05, 0.1) is 5.69 Å². The molecule has 0 bridgehead atoms. The average Bonchev–Trinajstić information content (AvgIpc) is 2.87. The maximum atomic E-state index is 11.9. The summed E-state index contributed by atoms with van der Waals surface area (Å²) in [5.41, 5.74) is 5.95. The highest BCUT2D eigenvalue weighted by Gasteiger charge is 2.27. The van der Waals surface area contributed by atoms with Gasteiger partial charge >= 0.3 is 0 Å². The zero-order valence-corrected chi connectivity index (χ0v) is 14.1. The van der Waals surface area contributed by atoms with E-state index in [4.69, 9.17) is 12.2 Å². The monoisotopic (exact) mass is 327 g/mol. The SMILES string of the molecule is Cc1nnsc1C(=O)NNC(=S)N[C@@H]1CCC[C@H](C)[C@@H]1C. The van der Waals surface area contributed by atoms with E-state index in [0.717, 1.165) is 18.0 Å². The number of nitrogens with zero attached hydrogens (tertiary/aromatic N) is 2. The molecular formula is C13H21N5OS2. The van der Waals surface area contributed by atoms with Crippen LogP contribution in [0.4, 0.5) is 0 Å². The molecule has 1 amide bonds. The fraction of sp³-hybridized carbons (Fsp3) is 0.692. The molecule has 6 nitrogen and oxygen atoms in total. The van der Waals surface area contributed by atoms with Gasteiger partial charge in [-0.15, -0.1) is 5.10 Å². The van der Waals surface area contributed by atoms with Gasteiger partial charge in [-0.25, -0.2) is 0 Å². The van der Waals surface area contributed by atoms with Gasteiger partial charge in [0.15, 0.2) is 5.11 Å². The van der Waals surface area contributed by atoms with Gasteiger partial charge in [-0.1, -0.05) is 31.2 Å². The summed E-state index contributed by atoms with van der Waals surface area (Å²) in [5.74, 6) is 0.999. The van der Waals surface area contributed by atoms with Crippen molar-refractivity contribution in [2.24, 2.45) is 11.8 Å². The predicted octanol–water partition coefficient (Wildman–Crippen LogP) is 1.78. The molecule has 8 heteroatoms. The molecule has 1 aromatic heterocycles. The van der Waals surface area contributed by atoms with Crippen LogP contribution in [-0.2, 0) is 0 Å². The molecule has 1 aliphatic carbocycles. The second-order valence-corrected chi connectivity index (χ2v) is 6.78. The molecule has 2 rings (SSSR count). The van der Waals surface area contributed by atoms with Crippen molar-refractivity contribution in [1.29, 1.82) is 0 Å². The van der Waals surface area contributed by atoms with Gasteiger partial charge in [0.25, 0.3) is 5.91 Å². The maximum Gasteiger partial charge on any atom is 0.283 e. The molecule has 116 valence electrons. The van der Waals surface area contributed by atoms with Gasteiger partial charge in [-0.05, 0) is 48.9 Å². The molecule has 1 aliphatic rings. The molecule has 0 spiro atoms. The van der Waals surface area contributed by atoms with E-state index in [-0.39, 0.29) is 5.91 Å². The van der Waals surface area contributed by atoms with Gasteiger partial charge in [0, 0.05) is 6.04 Å². The smallest absolute Gasteiger partial charge is 0.283 e. The Balaban J connectivity index is 1.80. The first-order valence-electron chi connectivity index (χ1n) is 7.15. The second-order valence-electron chi connectivity index (χ2n) is 5.61. The Kier molecular flexibility index (Phi) is 5.46. The molecule has 1 fully saturated rings. The topological polar surface area (TPSA) is 78.9 Å². The molecule has 0 aromatic carbocycles. The Labute approximate surface area is 134 Å². The van der Waals surface area contributed by atoms with Crippen LogP contribution >= 0.6 is 23.8 Å². The number of hydrogen-bond donors (Lipinski definition) is 3. The Morgan fingerprint density at radius 3 is 2.76 bits per heavy atom. The van der Waals surface area contributed by atoms with E-state index in [2.05, 4.69) is 39.6 Å². The van der Waals surface area contributed by atoms with Crippen LogP contribution in [-0.4, -0.2) is 26.6 Å². The molecule has 21 heavy (non-hydrogen) atoms. The minimum atomic E-state index is -0.267. The first-order valence-corrected chi connectivity index (χ1v) is 8.33. The molecule has 0 saturated heterocycles. The molecule has 0 unspecified atom stereocenters. The van der Waals surface area contributed by atoms with Crippen molar-refractivity contribution in [3.05, 3.63) is 10.6 Å². The molecule has 1 aromatic rings. The lowest BCUT2D eigenvalue weighted by molar-refractivity contribution is 0.0946. The van der Waals surface area contributed by atoms with Gasteiger partial charge in [0.1, 0.15) is 4.88 Å². The van der Waals surface area contributed by atoms with E-state index in [1.165, 1.54) is 12.8 Å². The summed E-state index contributed by atoms with van der Waals surface area (Å²) in [6.45, 7) is 6.27. The highest BCUT2D eigenvalue weighted by molar-refractivity contribution is 7.80. The Morgan fingerprint density at radius 2 is 2.10 bits per heavy atom. The fourth-order valence-electron chi connectivity index (χ4n) is 2.60. The minimum absolute atomic E-state index is 0.267. The lowest BCUT2D eigenvalue weighted by atomic mass is 9.78. The van der Waals surface area contributed by atoms with Crippen LogP contribution in [0, 0.1) is 18.8 Å². The number of carbonyl (C=O) groups is 1. The molecule has 3 N–H and O–H groups in total. The summed E-state index contributed by atoms with van der Waals surface area (Å²) < 4.78 is 3.74. The zero-order valence-electron chi connectivity index (χ0n) is 12.5. The van der Waals surface area contributed by atoms with Crippen LogP contribution in [0.2, 0.25) is 0 Å². The maximum absolute atomic E-state index is 11.9. The van der Waals surface area contributed by atoms with Crippen molar-refractivity contribution in [1.82, 2.24) is 25.8 Å². The quantitative estimate of drug-likeness (QED) is 0.568. The lowest BCUT2D eigenvalue weighted by Gasteiger charge is -2.35. The summed E-state index contributed by atoms with van der Waals surface area (Å²) in [7, 11) is 0. The number of amides is 1. The molecular weight excluding hydrogens is 306 g/mol. The zero-order chi connectivity index (χ0) is 15.4. The van der Waals surface area contributed by atoms with Gasteiger partial charge in [0.2, 0.25) is 0 Å². The van der Waals surface area contributed by atoms with Crippen LogP contribution in [0.1, 0.15) is 48.5 Å². The second kappa shape index (κ2) is 7.13. The van der Waals surface area contributed by atoms with Crippen LogP contribution in [0.25, 0.3) is 0 Å². The van der Waals surface area contributed by atoms with Gasteiger partial charge in [-0.2, -0.15) is 0 Å². The standard InChI is InChI=1S/C13H21N5OS2/c1-7-5-4-6-10(8(7)2)14-13(20)17-16-12(19)11-9(3)15-18-21-11/h7-8,10H,4-6H2,1-3H3,(H,16,19)(H2,14,17,20)/t7-,8-,10+/m0/s1. The highest BCUT2D eigenvalue weighted by Crippen LogP contribution is 2.29. The van der Waals surface area contributed by atoms with Crippen molar-refractivity contribution in [3.63, 3.8) is 0 Å².